The number of allylic oxidation sites excluding steroid dienone is 8. The first-order chi connectivity index (χ1) is 18.6. The highest BCUT2D eigenvalue weighted by Crippen LogP contribution is 2.15. The van der Waals surface area contributed by atoms with Crippen molar-refractivity contribution < 1.29 is 19.4 Å². The molecule has 1 unspecified atom stereocenters. The minimum absolute atomic E-state index is 0.0973. The molecule has 4 heteroatoms. The lowest BCUT2D eigenvalue weighted by molar-refractivity contribution is -0.153. The second-order valence-electron chi connectivity index (χ2n) is 10.3. The number of aliphatic carboxylic acids is 1. The predicted octanol–water partition coefficient (Wildman–Crippen LogP) is 10.4. The van der Waals surface area contributed by atoms with Crippen molar-refractivity contribution in [2.24, 2.45) is 0 Å². The summed E-state index contributed by atoms with van der Waals surface area (Å²) >= 11 is 0. The maximum Gasteiger partial charge on any atom is 0.307 e. The highest BCUT2D eigenvalue weighted by molar-refractivity contribution is 5.71. The van der Waals surface area contributed by atoms with Crippen molar-refractivity contribution in [1.29, 1.82) is 0 Å². The van der Waals surface area contributed by atoms with Gasteiger partial charge in [-0.3, -0.25) is 9.59 Å². The van der Waals surface area contributed by atoms with E-state index in [0.29, 0.717) is 12.8 Å². The number of carboxylic acid groups (broad SMARTS) is 1. The molecule has 0 saturated heterocycles. The van der Waals surface area contributed by atoms with E-state index in [1.54, 1.807) is 0 Å². The summed E-state index contributed by atoms with van der Waals surface area (Å²) in [6, 6.07) is 0. The Balaban J connectivity index is 3.85. The maximum absolute atomic E-state index is 12.2. The van der Waals surface area contributed by atoms with Crippen LogP contribution in [-0.4, -0.2) is 23.1 Å². The zero-order valence-corrected chi connectivity index (χ0v) is 24.7. The third-order valence-electron chi connectivity index (χ3n) is 6.54. The van der Waals surface area contributed by atoms with Crippen molar-refractivity contribution in [1.82, 2.24) is 0 Å². The molecule has 218 valence electrons. The van der Waals surface area contributed by atoms with Gasteiger partial charge in [-0.1, -0.05) is 127 Å². The van der Waals surface area contributed by atoms with Crippen LogP contribution in [-0.2, 0) is 14.3 Å². The Morgan fingerprint density at radius 2 is 1.05 bits per heavy atom. The minimum Gasteiger partial charge on any atom is -0.481 e. The van der Waals surface area contributed by atoms with Gasteiger partial charge in [-0.2, -0.15) is 0 Å². The number of ether oxygens (including phenoxy) is 1. The van der Waals surface area contributed by atoms with Crippen LogP contribution in [0.15, 0.2) is 48.6 Å². The average Bonchev–Trinajstić information content (AvgIpc) is 2.89. The molecule has 0 aliphatic carbocycles. The largest absolute Gasteiger partial charge is 0.481 e. The average molecular weight is 531 g/mol. The quantitative estimate of drug-likeness (QED) is 0.0651. The van der Waals surface area contributed by atoms with Crippen molar-refractivity contribution >= 4 is 11.9 Å². The molecule has 0 heterocycles. The lowest BCUT2D eigenvalue weighted by Crippen LogP contribution is -2.21. The predicted molar refractivity (Wildman–Crippen MR) is 162 cm³/mol. The van der Waals surface area contributed by atoms with Gasteiger partial charge in [0, 0.05) is 6.42 Å². The number of carboxylic acids is 1. The van der Waals surface area contributed by atoms with E-state index in [9.17, 15) is 9.59 Å². The Labute approximate surface area is 234 Å². The highest BCUT2D eigenvalue weighted by Gasteiger charge is 2.17. The van der Waals surface area contributed by atoms with Gasteiger partial charge in [0.15, 0.2) is 0 Å². The Morgan fingerprint density at radius 1 is 0.605 bits per heavy atom. The van der Waals surface area contributed by atoms with Gasteiger partial charge in [-0.05, 0) is 57.8 Å². The number of carbonyl (C=O) groups excluding carboxylic acids is 1. The Kier molecular flexibility index (Phi) is 27.8. The molecular formula is C34H58O4. The van der Waals surface area contributed by atoms with E-state index in [0.717, 1.165) is 44.9 Å². The summed E-state index contributed by atoms with van der Waals surface area (Å²) in [5.41, 5.74) is 0. The fourth-order valence-electron chi connectivity index (χ4n) is 4.25. The fraction of sp³-hybridized carbons (Fsp3) is 0.706. The van der Waals surface area contributed by atoms with Crippen LogP contribution in [0.1, 0.15) is 149 Å². The monoisotopic (exact) mass is 530 g/mol. The van der Waals surface area contributed by atoms with E-state index >= 15 is 0 Å². The molecule has 0 aromatic heterocycles. The maximum atomic E-state index is 12.2. The van der Waals surface area contributed by atoms with Crippen LogP contribution < -0.4 is 0 Å². The Bertz CT molecular complexity index is 659. The summed E-state index contributed by atoms with van der Waals surface area (Å²) in [5.74, 6) is -1.18. The smallest absolute Gasteiger partial charge is 0.307 e. The summed E-state index contributed by atoms with van der Waals surface area (Å²) in [5, 5.41) is 9.16. The van der Waals surface area contributed by atoms with Gasteiger partial charge in [0.25, 0.3) is 0 Å². The summed E-state index contributed by atoms with van der Waals surface area (Å²) in [7, 11) is 0. The van der Waals surface area contributed by atoms with Crippen LogP contribution in [0.5, 0.6) is 0 Å². The zero-order valence-electron chi connectivity index (χ0n) is 24.7. The molecule has 0 aromatic carbocycles. The van der Waals surface area contributed by atoms with Gasteiger partial charge in [0.2, 0.25) is 0 Å². The lowest BCUT2D eigenvalue weighted by atomic mass is 10.0. The molecule has 1 atom stereocenters. The van der Waals surface area contributed by atoms with Gasteiger partial charge in [-0.25, -0.2) is 0 Å². The molecule has 0 aromatic rings. The van der Waals surface area contributed by atoms with Crippen molar-refractivity contribution in [3.8, 4) is 0 Å². The molecule has 4 nitrogen and oxygen atoms in total. The van der Waals surface area contributed by atoms with Gasteiger partial charge < -0.3 is 9.84 Å². The SMILES string of the molecule is CCCCC/C=C\C/C=C\C/C=C\C/C=C\CCCC(=O)OC(CCCCCCCCCCC)CC(=O)O. The normalized spacial score (nSPS) is 12.9. The fourth-order valence-corrected chi connectivity index (χ4v) is 4.25. The third-order valence-corrected chi connectivity index (χ3v) is 6.54. The van der Waals surface area contributed by atoms with Crippen molar-refractivity contribution in [2.75, 3.05) is 0 Å². The molecule has 0 aliphatic rings. The molecule has 0 bridgehead atoms. The molecule has 0 radical (unpaired) electrons. The summed E-state index contributed by atoms with van der Waals surface area (Å²) < 4.78 is 5.50. The molecule has 0 aliphatic heterocycles. The second-order valence-corrected chi connectivity index (χ2v) is 10.3. The van der Waals surface area contributed by atoms with E-state index in [-0.39, 0.29) is 12.4 Å². The Hall–Kier alpha value is -2.10. The number of carbonyl (C=O) groups is 2. The van der Waals surface area contributed by atoms with E-state index in [2.05, 4.69) is 62.5 Å². The van der Waals surface area contributed by atoms with Gasteiger partial charge in [-0.15, -0.1) is 0 Å². The van der Waals surface area contributed by atoms with Crippen molar-refractivity contribution in [2.45, 2.75) is 155 Å². The van der Waals surface area contributed by atoms with Crippen LogP contribution in [0.4, 0.5) is 0 Å². The van der Waals surface area contributed by atoms with Gasteiger partial charge >= 0.3 is 11.9 Å². The lowest BCUT2D eigenvalue weighted by Gasteiger charge is -2.16. The van der Waals surface area contributed by atoms with Crippen LogP contribution in [0.3, 0.4) is 0 Å². The molecule has 0 rings (SSSR count). The van der Waals surface area contributed by atoms with Crippen molar-refractivity contribution in [3.05, 3.63) is 48.6 Å². The summed E-state index contributed by atoms with van der Waals surface area (Å²) in [6.45, 7) is 4.46. The minimum atomic E-state index is -0.903. The van der Waals surface area contributed by atoms with Gasteiger partial charge in [0.05, 0.1) is 6.42 Å². The number of unbranched alkanes of at least 4 members (excludes halogenated alkanes) is 12. The molecule has 0 spiro atoms. The molecule has 38 heavy (non-hydrogen) atoms. The standard InChI is InChI=1S/C34H58O4/c1-3-5-7-9-11-13-14-15-16-17-18-19-20-22-24-26-28-30-34(37)38-32(31-33(35)36)29-27-25-23-21-12-10-8-6-4-2/h11,13,15-16,18-19,22,24,32H,3-10,12,14,17,20-21,23,25-31H2,1-2H3,(H,35,36)/b13-11-,16-15-,19-18-,24-22-. The van der Waals surface area contributed by atoms with Crippen LogP contribution in [0, 0.1) is 0 Å². The first kappa shape index (κ1) is 35.9. The topological polar surface area (TPSA) is 63.6 Å². The molecule has 0 fully saturated rings. The first-order valence-corrected chi connectivity index (χ1v) is 15.6. The van der Waals surface area contributed by atoms with E-state index < -0.39 is 12.1 Å². The summed E-state index contributed by atoms with van der Waals surface area (Å²) in [6.07, 6.45) is 38.4. The first-order valence-electron chi connectivity index (χ1n) is 15.6. The van der Waals surface area contributed by atoms with E-state index in [4.69, 9.17) is 9.84 Å². The Morgan fingerprint density at radius 3 is 1.58 bits per heavy atom. The number of rotatable bonds is 27. The number of hydrogen-bond donors (Lipinski definition) is 1. The summed E-state index contributed by atoms with van der Waals surface area (Å²) in [4.78, 5) is 23.4. The van der Waals surface area contributed by atoms with Gasteiger partial charge in [0.1, 0.15) is 6.10 Å². The molecular weight excluding hydrogens is 472 g/mol. The second kappa shape index (κ2) is 29.5. The molecule has 1 N–H and O–H groups in total. The van der Waals surface area contributed by atoms with Crippen LogP contribution in [0.25, 0.3) is 0 Å². The van der Waals surface area contributed by atoms with Crippen LogP contribution in [0.2, 0.25) is 0 Å². The van der Waals surface area contributed by atoms with E-state index in [1.165, 1.54) is 70.6 Å². The highest BCUT2D eigenvalue weighted by atomic mass is 16.5. The van der Waals surface area contributed by atoms with Crippen LogP contribution >= 0.6 is 0 Å². The molecule has 0 saturated carbocycles. The molecule has 0 amide bonds. The number of esters is 1. The third kappa shape index (κ3) is 28.5. The zero-order chi connectivity index (χ0) is 27.9. The van der Waals surface area contributed by atoms with Crippen molar-refractivity contribution in [3.63, 3.8) is 0 Å². The van der Waals surface area contributed by atoms with E-state index in [1.807, 2.05) is 0 Å². The number of hydrogen-bond acceptors (Lipinski definition) is 3.